The van der Waals surface area contributed by atoms with Crippen LogP contribution < -0.4 is 5.32 Å². The van der Waals surface area contributed by atoms with Gasteiger partial charge in [0.15, 0.2) is 0 Å². The van der Waals surface area contributed by atoms with Gasteiger partial charge >= 0.3 is 0 Å². The highest BCUT2D eigenvalue weighted by atomic mass is 32.1. The molecule has 2 heterocycles. The van der Waals surface area contributed by atoms with Gasteiger partial charge in [-0.05, 0) is 32.9 Å². The highest BCUT2D eigenvalue weighted by Crippen LogP contribution is 2.22. The molecule has 1 aromatic rings. The van der Waals surface area contributed by atoms with Gasteiger partial charge in [0, 0.05) is 29.7 Å². The van der Waals surface area contributed by atoms with Gasteiger partial charge < -0.3 is 10.2 Å². The van der Waals surface area contributed by atoms with Gasteiger partial charge in [-0.2, -0.15) is 0 Å². The molecule has 1 fully saturated rings. The number of nitrogens with one attached hydrogen (secondary N) is 1. The van der Waals surface area contributed by atoms with E-state index in [2.05, 4.69) is 36.1 Å². The Kier molecular flexibility index (Phi) is 3.95. The van der Waals surface area contributed by atoms with Crippen LogP contribution in [0.2, 0.25) is 0 Å². The Morgan fingerprint density at radius 2 is 2.44 bits per heavy atom. The lowest BCUT2D eigenvalue weighted by atomic mass is 9.93. The fourth-order valence-electron chi connectivity index (χ4n) is 2.44. The number of nitrogens with zero attached hydrogens (tertiary/aromatic N) is 2. The molecular formula is C12H21N3S. The van der Waals surface area contributed by atoms with Crippen molar-refractivity contribution in [2.45, 2.75) is 32.4 Å². The summed E-state index contributed by atoms with van der Waals surface area (Å²) in [7, 11) is 2.21. The first-order valence-corrected chi connectivity index (χ1v) is 6.87. The Bertz CT molecular complexity index is 312. The predicted molar refractivity (Wildman–Crippen MR) is 68.7 cm³/mol. The van der Waals surface area contributed by atoms with Gasteiger partial charge in [-0.15, -0.1) is 11.3 Å². The number of aromatic nitrogens is 1. The predicted octanol–water partition coefficient (Wildman–Crippen LogP) is 2.13. The van der Waals surface area contributed by atoms with Gasteiger partial charge in [-0.1, -0.05) is 6.92 Å². The van der Waals surface area contributed by atoms with E-state index in [1.54, 1.807) is 11.3 Å². The van der Waals surface area contributed by atoms with Crippen LogP contribution in [-0.4, -0.2) is 36.1 Å². The van der Waals surface area contributed by atoms with Crippen LogP contribution in [0.5, 0.6) is 0 Å². The third-order valence-corrected chi connectivity index (χ3v) is 4.41. The van der Waals surface area contributed by atoms with Crippen LogP contribution in [0.15, 0.2) is 11.7 Å². The zero-order chi connectivity index (χ0) is 11.5. The summed E-state index contributed by atoms with van der Waals surface area (Å²) < 4.78 is 0. The maximum Gasteiger partial charge on any atom is 0.0794 e. The zero-order valence-electron chi connectivity index (χ0n) is 10.3. The monoisotopic (exact) mass is 239 g/mol. The molecule has 0 aliphatic carbocycles. The van der Waals surface area contributed by atoms with E-state index in [9.17, 15) is 0 Å². The Morgan fingerprint density at radius 3 is 3.06 bits per heavy atom. The van der Waals surface area contributed by atoms with E-state index in [4.69, 9.17) is 0 Å². The Hall–Kier alpha value is -0.450. The SMILES string of the molecule is CC(NC1CCN(C)CC1C)c1cncs1. The van der Waals surface area contributed by atoms with Crippen molar-refractivity contribution in [1.29, 1.82) is 0 Å². The molecule has 16 heavy (non-hydrogen) atoms. The summed E-state index contributed by atoms with van der Waals surface area (Å²) in [5, 5.41) is 3.74. The summed E-state index contributed by atoms with van der Waals surface area (Å²) >= 11 is 1.74. The molecule has 1 N–H and O–H groups in total. The molecule has 2 rings (SSSR count). The van der Waals surface area contributed by atoms with Gasteiger partial charge in [-0.25, -0.2) is 0 Å². The van der Waals surface area contributed by atoms with E-state index in [-0.39, 0.29) is 0 Å². The fraction of sp³-hybridized carbons (Fsp3) is 0.750. The molecule has 0 spiro atoms. The van der Waals surface area contributed by atoms with Gasteiger partial charge in [0.2, 0.25) is 0 Å². The standard InChI is InChI=1S/C12H21N3S/c1-9-7-15(3)5-4-11(9)14-10(2)12-6-13-8-16-12/h6,8-11,14H,4-5,7H2,1-3H3. The first-order valence-electron chi connectivity index (χ1n) is 6.00. The molecule has 0 bridgehead atoms. The molecule has 0 saturated carbocycles. The molecule has 3 unspecified atom stereocenters. The molecule has 3 atom stereocenters. The van der Waals surface area contributed by atoms with Gasteiger partial charge in [-0.3, -0.25) is 4.98 Å². The van der Waals surface area contributed by atoms with Crippen molar-refractivity contribution < 1.29 is 0 Å². The molecule has 0 aromatic carbocycles. The van der Waals surface area contributed by atoms with Gasteiger partial charge in [0.05, 0.1) is 5.51 Å². The minimum Gasteiger partial charge on any atom is -0.306 e. The van der Waals surface area contributed by atoms with Crippen LogP contribution in [0.4, 0.5) is 0 Å². The van der Waals surface area contributed by atoms with Crippen LogP contribution in [0, 0.1) is 5.92 Å². The number of thiazole rings is 1. The van der Waals surface area contributed by atoms with Crippen LogP contribution in [0.25, 0.3) is 0 Å². The summed E-state index contributed by atoms with van der Waals surface area (Å²) in [6.45, 7) is 6.98. The van der Waals surface area contributed by atoms with E-state index in [0.717, 1.165) is 5.92 Å². The second kappa shape index (κ2) is 5.25. The van der Waals surface area contributed by atoms with E-state index < -0.39 is 0 Å². The molecule has 1 aliphatic heterocycles. The summed E-state index contributed by atoms with van der Waals surface area (Å²) in [4.78, 5) is 7.89. The van der Waals surface area contributed by atoms with Crippen molar-refractivity contribution in [2.24, 2.45) is 5.92 Å². The average molecular weight is 239 g/mol. The quantitative estimate of drug-likeness (QED) is 0.876. The maximum absolute atomic E-state index is 4.14. The van der Waals surface area contributed by atoms with Crippen molar-refractivity contribution in [3.05, 3.63) is 16.6 Å². The molecule has 1 aliphatic rings. The first-order chi connectivity index (χ1) is 7.66. The van der Waals surface area contributed by atoms with Crippen LogP contribution >= 0.6 is 11.3 Å². The number of hydrogen-bond acceptors (Lipinski definition) is 4. The van der Waals surface area contributed by atoms with E-state index >= 15 is 0 Å². The number of piperidine rings is 1. The zero-order valence-corrected chi connectivity index (χ0v) is 11.1. The number of rotatable bonds is 3. The molecule has 1 aromatic heterocycles. The second-order valence-electron chi connectivity index (χ2n) is 4.93. The van der Waals surface area contributed by atoms with E-state index in [1.165, 1.54) is 24.4 Å². The minimum absolute atomic E-state index is 0.434. The lowest BCUT2D eigenvalue weighted by molar-refractivity contribution is 0.168. The number of likely N-dealkylation sites (tertiary alicyclic amines) is 1. The average Bonchev–Trinajstić information content (AvgIpc) is 2.75. The molecule has 0 amide bonds. The maximum atomic E-state index is 4.14. The van der Waals surface area contributed by atoms with Gasteiger partial charge in [0.1, 0.15) is 0 Å². The molecule has 90 valence electrons. The lowest BCUT2D eigenvalue weighted by Crippen LogP contribution is -2.47. The summed E-state index contributed by atoms with van der Waals surface area (Å²) in [6.07, 6.45) is 3.22. The Balaban J connectivity index is 1.89. The Morgan fingerprint density at radius 1 is 1.62 bits per heavy atom. The highest BCUT2D eigenvalue weighted by Gasteiger charge is 2.25. The molecule has 0 radical (unpaired) electrons. The summed E-state index contributed by atoms with van der Waals surface area (Å²) in [5.74, 6) is 0.731. The van der Waals surface area contributed by atoms with Crippen molar-refractivity contribution in [1.82, 2.24) is 15.2 Å². The highest BCUT2D eigenvalue weighted by molar-refractivity contribution is 7.09. The minimum atomic E-state index is 0.434. The van der Waals surface area contributed by atoms with Crippen molar-refractivity contribution in [3.8, 4) is 0 Å². The van der Waals surface area contributed by atoms with Crippen LogP contribution in [0.3, 0.4) is 0 Å². The number of hydrogen-bond donors (Lipinski definition) is 1. The summed E-state index contributed by atoms with van der Waals surface area (Å²) in [5.41, 5.74) is 1.91. The molecule has 4 heteroatoms. The van der Waals surface area contributed by atoms with E-state index in [0.29, 0.717) is 12.1 Å². The largest absolute Gasteiger partial charge is 0.306 e. The van der Waals surface area contributed by atoms with Crippen molar-refractivity contribution in [3.63, 3.8) is 0 Å². The third-order valence-electron chi connectivity index (χ3n) is 3.45. The molecule has 3 nitrogen and oxygen atoms in total. The van der Waals surface area contributed by atoms with Crippen molar-refractivity contribution in [2.75, 3.05) is 20.1 Å². The Labute approximate surface area is 102 Å². The summed E-state index contributed by atoms with van der Waals surface area (Å²) in [6, 6.07) is 1.08. The smallest absolute Gasteiger partial charge is 0.0794 e. The normalized spacial score (nSPS) is 29.2. The van der Waals surface area contributed by atoms with E-state index in [1.807, 2.05) is 11.7 Å². The first kappa shape index (κ1) is 12.0. The van der Waals surface area contributed by atoms with Gasteiger partial charge in [0.25, 0.3) is 0 Å². The molecule has 1 saturated heterocycles. The third kappa shape index (κ3) is 2.81. The molecular weight excluding hydrogens is 218 g/mol. The second-order valence-corrected chi connectivity index (χ2v) is 5.84. The fourth-order valence-corrected chi connectivity index (χ4v) is 3.08. The topological polar surface area (TPSA) is 28.2 Å². The van der Waals surface area contributed by atoms with Crippen LogP contribution in [-0.2, 0) is 0 Å². The van der Waals surface area contributed by atoms with Crippen LogP contribution in [0.1, 0.15) is 31.2 Å². The van der Waals surface area contributed by atoms with Crippen molar-refractivity contribution >= 4 is 11.3 Å². The lowest BCUT2D eigenvalue weighted by Gasteiger charge is -2.36.